The summed E-state index contributed by atoms with van der Waals surface area (Å²) in [5.41, 5.74) is 3.38. The molecule has 0 bridgehead atoms. The van der Waals surface area contributed by atoms with Gasteiger partial charge in [0.05, 0.1) is 17.3 Å². The number of carbonyl (C=O) groups is 1. The first-order valence-electron chi connectivity index (χ1n) is 8.64. The summed E-state index contributed by atoms with van der Waals surface area (Å²) in [4.78, 5) is 20.2. The average molecular weight is 388 g/mol. The molecule has 0 saturated heterocycles. The summed E-state index contributed by atoms with van der Waals surface area (Å²) in [7, 11) is 0. The van der Waals surface area contributed by atoms with Gasteiger partial charge in [-0.05, 0) is 37.3 Å². The Bertz CT molecular complexity index is 1170. The summed E-state index contributed by atoms with van der Waals surface area (Å²) in [5, 5.41) is 15.1. The van der Waals surface area contributed by atoms with Crippen LogP contribution in [0, 0.1) is 11.3 Å². The molecule has 4 rings (SSSR count). The summed E-state index contributed by atoms with van der Waals surface area (Å²) in [6, 6.07) is 16.7. The van der Waals surface area contributed by atoms with Crippen molar-refractivity contribution in [1.82, 2.24) is 9.97 Å². The van der Waals surface area contributed by atoms with Gasteiger partial charge in [-0.2, -0.15) is 5.26 Å². The van der Waals surface area contributed by atoms with Crippen LogP contribution >= 0.6 is 11.3 Å². The molecule has 0 radical (unpaired) electrons. The topological polar surface area (TPSA) is 90.8 Å². The second-order valence-corrected chi connectivity index (χ2v) is 7.03. The first-order valence-corrected chi connectivity index (χ1v) is 9.52. The van der Waals surface area contributed by atoms with E-state index in [1.807, 2.05) is 41.9 Å². The fraction of sp³-hybridized carbons (Fsp3) is 0.0952. The molecule has 0 aliphatic carbocycles. The van der Waals surface area contributed by atoms with Crippen LogP contribution in [0.5, 0.6) is 5.75 Å². The Morgan fingerprint density at radius 1 is 1.25 bits per heavy atom. The molecule has 6 nitrogen and oxygen atoms in total. The number of aromatic nitrogens is 2. The number of para-hydroxylation sites is 1. The number of H-pyrrole nitrogens is 1. The monoisotopic (exact) mass is 388 g/mol. The van der Waals surface area contributed by atoms with Crippen molar-refractivity contribution in [3.8, 4) is 23.1 Å². The Morgan fingerprint density at radius 3 is 2.82 bits per heavy atom. The molecule has 0 aliphatic rings. The highest BCUT2D eigenvalue weighted by atomic mass is 32.1. The molecule has 2 N–H and O–H groups in total. The zero-order valence-corrected chi connectivity index (χ0v) is 15.8. The number of ether oxygens (including phenoxy) is 1. The molecule has 1 amide bonds. The molecular weight excluding hydrogens is 372 g/mol. The number of amides is 1. The van der Waals surface area contributed by atoms with E-state index in [2.05, 4.69) is 15.3 Å². The van der Waals surface area contributed by atoms with Crippen LogP contribution in [0.4, 0.5) is 5.13 Å². The van der Waals surface area contributed by atoms with Gasteiger partial charge in [0, 0.05) is 28.0 Å². The summed E-state index contributed by atoms with van der Waals surface area (Å²) < 4.78 is 5.63. The van der Waals surface area contributed by atoms with Crippen molar-refractivity contribution in [2.24, 2.45) is 0 Å². The number of hydrogen-bond acceptors (Lipinski definition) is 5. The molecule has 2 aromatic heterocycles. The van der Waals surface area contributed by atoms with Gasteiger partial charge in [0.2, 0.25) is 0 Å². The molecule has 2 heterocycles. The predicted molar refractivity (Wildman–Crippen MR) is 109 cm³/mol. The molecular formula is C21H16N4O2S. The highest BCUT2D eigenvalue weighted by Crippen LogP contribution is 2.31. The van der Waals surface area contributed by atoms with Crippen molar-refractivity contribution < 1.29 is 9.53 Å². The van der Waals surface area contributed by atoms with Crippen LogP contribution < -0.4 is 10.1 Å². The van der Waals surface area contributed by atoms with Gasteiger partial charge in [0.25, 0.3) is 5.91 Å². The van der Waals surface area contributed by atoms with Crippen LogP contribution in [-0.2, 0) is 4.79 Å². The Morgan fingerprint density at radius 2 is 2.04 bits per heavy atom. The van der Waals surface area contributed by atoms with E-state index in [0.717, 1.165) is 22.2 Å². The molecule has 7 heteroatoms. The zero-order chi connectivity index (χ0) is 19.5. The summed E-state index contributed by atoms with van der Waals surface area (Å²) in [6.07, 6.45) is 1.22. The molecule has 0 aliphatic heterocycles. The van der Waals surface area contributed by atoms with Crippen LogP contribution in [0.3, 0.4) is 0 Å². The number of nitriles is 1. The van der Waals surface area contributed by atoms with Crippen molar-refractivity contribution in [3.05, 3.63) is 65.7 Å². The highest BCUT2D eigenvalue weighted by molar-refractivity contribution is 7.14. The van der Waals surface area contributed by atoms with E-state index < -0.39 is 6.10 Å². The van der Waals surface area contributed by atoms with Gasteiger partial charge >= 0.3 is 0 Å². The fourth-order valence-corrected chi connectivity index (χ4v) is 3.52. The van der Waals surface area contributed by atoms with E-state index in [4.69, 9.17) is 10.00 Å². The lowest BCUT2D eigenvalue weighted by Gasteiger charge is -2.13. The van der Waals surface area contributed by atoms with E-state index in [1.54, 1.807) is 31.2 Å². The van der Waals surface area contributed by atoms with Crippen LogP contribution in [0.25, 0.3) is 22.2 Å². The van der Waals surface area contributed by atoms with Gasteiger partial charge in [-0.3, -0.25) is 10.1 Å². The average Bonchev–Trinajstić information content (AvgIpc) is 3.35. The maximum Gasteiger partial charge on any atom is 0.266 e. The maximum absolute atomic E-state index is 12.4. The summed E-state index contributed by atoms with van der Waals surface area (Å²) in [6.45, 7) is 1.67. The van der Waals surface area contributed by atoms with Crippen molar-refractivity contribution in [1.29, 1.82) is 5.26 Å². The Labute approximate surface area is 165 Å². The zero-order valence-electron chi connectivity index (χ0n) is 15.0. The number of anilines is 1. The lowest BCUT2D eigenvalue weighted by molar-refractivity contribution is -0.122. The quantitative estimate of drug-likeness (QED) is 0.524. The minimum absolute atomic E-state index is 0.288. The standard InChI is InChI=1S/C21H16N4O2S/c1-13(27-15-8-6-14(10-22)7-9-15)20(26)25-21-24-19(12-28-21)17-11-23-18-5-3-2-4-16(17)18/h2-9,11-13,23H,1H3,(H,24,25,26). The van der Waals surface area contributed by atoms with Gasteiger partial charge in [-0.15, -0.1) is 11.3 Å². The number of carbonyl (C=O) groups excluding carboxylic acids is 1. The molecule has 28 heavy (non-hydrogen) atoms. The van der Waals surface area contributed by atoms with E-state index in [1.165, 1.54) is 11.3 Å². The number of nitrogens with zero attached hydrogens (tertiary/aromatic N) is 2. The summed E-state index contributed by atoms with van der Waals surface area (Å²) in [5.74, 6) is 0.240. The largest absolute Gasteiger partial charge is 0.481 e. The molecule has 4 aromatic rings. The number of nitrogens with one attached hydrogen (secondary N) is 2. The number of benzene rings is 2. The van der Waals surface area contributed by atoms with E-state index in [-0.39, 0.29) is 5.91 Å². The lowest BCUT2D eigenvalue weighted by Crippen LogP contribution is -2.30. The molecule has 1 unspecified atom stereocenters. The normalized spacial score (nSPS) is 11.7. The first kappa shape index (κ1) is 17.8. The molecule has 0 saturated carbocycles. The van der Waals surface area contributed by atoms with E-state index in [0.29, 0.717) is 16.4 Å². The highest BCUT2D eigenvalue weighted by Gasteiger charge is 2.17. The maximum atomic E-state index is 12.4. The van der Waals surface area contributed by atoms with Gasteiger partial charge in [-0.25, -0.2) is 4.98 Å². The van der Waals surface area contributed by atoms with Crippen molar-refractivity contribution in [2.45, 2.75) is 13.0 Å². The van der Waals surface area contributed by atoms with Gasteiger partial charge in [0.15, 0.2) is 11.2 Å². The molecule has 138 valence electrons. The van der Waals surface area contributed by atoms with Crippen LogP contribution in [-0.4, -0.2) is 22.0 Å². The molecule has 1 atom stereocenters. The third-order valence-electron chi connectivity index (χ3n) is 4.27. The fourth-order valence-electron chi connectivity index (χ4n) is 2.81. The van der Waals surface area contributed by atoms with Crippen molar-refractivity contribution >= 4 is 33.3 Å². The lowest BCUT2D eigenvalue weighted by atomic mass is 10.1. The number of rotatable bonds is 5. The number of fused-ring (bicyclic) bond motifs is 1. The van der Waals surface area contributed by atoms with E-state index in [9.17, 15) is 4.79 Å². The van der Waals surface area contributed by atoms with Crippen LogP contribution in [0.2, 0.25) is 0 Å². The van der Waals surface area contributed by atoms with Crippen molar-refractivity contribution in [3.63, 3.8) is 0 Å². The number of aromatic amines is 1. The molecule has 0 fully saturated rings. The number of hydrogen-bond donors (Lipinski definition) is 2. The van der Waals surface area contributed by atoms with Crippen LogP contribution in [0.15, 0.2) is 60.1 Å². The number of thiazole rings is 1. The Kier molecular flexibility index (Phi) is 4.79. The minimum Gasteiger partial charge on any atom is -0.481 e. The van der Waals surface area contributed by atoms with Gasteiger partial charge < -0.3 is 9.72 Å². The second kappa shape index (κ2) is 7.55. The first-order chi connectivity index (χ1) is 13.6. The summed E-state index contributed by atoms with van der Waals surface area (Å²) >= 11 is 1.36. The van der Waals surface area contributed by atoms with Gasteiger partial charge in [-0.1, -0.05) is 18.2 Å². The Balaban J connectivity index is 1.44. The predicted octanol–water partition coefficient (Wildman–Crippen LogP) is 4.57. The van der Waals surface area contributed by atoms with Gasteiger partial charge in [0.1, 0.15) is 5.75 Å². The molecule has 2 aromatic carbocycles. The molecule has 0 spiro atoms. The second-order valence-electron chi connectivity index (χ2n) is 6.17. The van der Waals surface area contributed by atoms with E-state index >= 15 is 0 Å². The SMILES string of the molecule is CC(Oc1ccc(C#N)cc1)C(=O)Nc1nc(-c2c[nH]c3ccccc23)cs1. The van der Waals surface area contributed by atoms with Crippen LogP contribution in [0.1, 0.15) is 12.5 Å². The smallest absolute Gasteiger partial charge is 0.266 e. The third kappa shape index (κ3) is 3.59. The third-order valence-corrected chi connectivity index (χ3v) is 5.02. The van der Waals surface area contributed by atoms with Crippen molar-refractivity contribution in [2.75, 3.05) is 5.32 Å². The minimum atomic E-state index is -0.701. The Hall–Kier alpha value is -3.63.